The highest BCUT2D eigenvalue weighted by molar-refractivity contribution is 5.74. The average molecular weight is 270 g/mol. The Morgan fingerprint density at radius 1 is 1.32 bits per heavy atom. The maximum absolute atomic E-state index is 11.7. The van der Waals surface area contributed by atoms with Crippen molar-refractivity contribution in [2.45, 2.75) is 66.2 Å². The first-order valence-electron chi connectivity index (χ1n) is 7.63. The Morgan fingerprint density at radius 2 is 1.89 bits per heavy atom. The molecular formula is C16H30O3. The molecule has 0 aliphatic heterocycles. The van der Waals surface area contributed by atoms with Crippen LogP contribution < -0.4 is 0 Å². The van der Waals surface area contributed by atoms with Gasteiger partial charge in [0.15, 0.2) is 0 Å². The fraction of sp³-hybridized carbons (Fsp3) is 0.938. The lowest BCUT2D eigenvalue weighted by molar-refractivity contribution is -0.153. The standard InChI is InChI=1S/C16H30O3/c1-5-19-12-6-9-16(14(17)18)10-7-13(8-11-16)15(2,3)4/h13H,5-12H2,1-4H3,(H,17,18). The zero-order valence-corrected chi connectivity index (χ0v) is 13.0. The molecule has 19 heavy (non-hydrogen) atoms. The first kappa shape index (κ1) is 16.5. The van der Waals surface area contributed by atoms with Crippen LogP contribution in [0.25, 0.3) is 0 Å². The van der Waals surface area contributed by atoms with Gasteiger partial charge in [-0.15, -0.1) is 0 Å². The Hall–Kier alpha value is -0.570. The van der Waals surface area contributed by atoms with Gasteiger partial charge in [0, 0.05) is 13.2 Å². The number of hydrogen-bond acceptors (Lipinski definition) is 2. The molecule has 0 aromatic carbocycles. The topological polar surface area (TPSA) is 46.5 Å². The van der Waals surface area contributed by atoms with Crippen molar-refractivity contribution >= 4 is 5.97 Å². The highest BCUT2D eigenvalue weighted by atomic mass is 16.5. The maximum Gasteiger partial charge on any atom is 0.309 e. The summed E-state index contributed by atoms with van der Waals surface area (Å²) in [6.45, 7) is 10.2. The van der Waals surface area contributed by atoms with Gasteiger partial charge in [0.25, 0.3) is 0 Å². The molecule has 0 spiro atoms. The molecule has 0 bridgehead atoms. The summed E-state index contributed by atoms with van der Waals surface area (Å²) in [4.78, 5) is 11.7. The van der Waals surface area contributed by atoms with Crippen molar-refractivity contribution in [1.82, 2.24) is 0 Å². The van der Waals surface area contributed by atoms with Crippen LogP contribution in [0.1, 0.15) is 66.2 Å². The summed E-state index contributed by atoms with van der Waals surface area (Å²) < 4.78 is 5.33. The van der Waals surface area contributed by atoms with Crippen molar-refractivity contribution in [3.8, 4) is 0 Å². The number of carbonyl (C=O) groups is 1. The summed E-state index contributed by atoms with van der Waals surface area (Å²) in [6.07, 6.45) is 5.38. The highest BCUT2D eigenvalue weighted by Crippen LogP contribution is 2.47. The van der Waals surface area contributed by atoms with Crippen LogP contribution in [0.2, 0.25) is 0 Å². The quantitative estimate of drug-likeness (QED) is 0.739. The van der Waals surface area contributed by atoms with Crippen LogP contribution >= 0.6 is 0 Å². The van der Waals surface area contributed by atoms with Crippen LogP contribution in [0.5, 0.6) is 0 Å². The fourth-order valence-electron chi connectivity index (χ4n) is 3.26. The third-order valence-corrected chi connectivity index (χ3v) is 4.77. The molecule has 0 aromatic rings. The van der Waals surface area contributed by atoms with Crippen molar-refractivity contribution in [2.24, 2.45) is 16.7 Å². The van der Waals surface area contributed by atoms with Gasteiger partial charge < -0.3 is 9.84 Å². The van der Waals surface area contributed by atoms with E-state index in [1.54, 1.807) is 0 Å². The molecule has 0 aromatic heterocycles. The molecule has 3 heteroatoms. The molecule has 1 aliphatic rings. The van der Waals surface area contributed by atoms with Crippen molar-refractivity contribution in [3.05, 3.63) is 0 Å². The molecular weight excluding hydrogens is 240 g/mol. The van der Waals surface area contributed by atoms with E-state index in [4.69, 9.17) is 4.74 Å². The lowest BCUT2D eigenvalue weighted by Crippen LogP contribution is -2.38. The number of ether oxygens (including phenoxy) is 1. The second-order valence-electron chi connectivity index (χ2n) is 7.03. The molecule has 1 N–H and O–H groups in total. The summed E-state index contributed by atoms with van der Waals surface area (Å²) in [6, 6.07) is 0. The number of carboxylic acids is 1. The van der Waals surface area contributed by atoms with E-state index in [1.165, 1.54) is 0 Å². The predicted molar refractivity (Wildman–Crippen MR) is 77.2 cm³/mol. The molecule has 0 heterocycles. The summed E-state index contributed by atoms with van der Waals surface area (Å²) in [5.41, 5.74) is -0.186. The molecule has 0 atom stereocenters. The fourth-order valence-corrected chi connectivity index (χ4v) is 3.26. The zero-order valence-electron chi connectivity index (χ0n) is 13.0. The van der Waals surface area contributed by atoms with Crippen molar-refractivity contribution in [1.29, 1.82) is 0 Å². The second kappa shape index (κ2) is 6.74. The smallest absolute Gasteiger partial charge is 0.309 e. The van der Waals surface area contributed by atoms with Gasteiger partial charge in [-0.25, -0.2) is 0 Å². The number of aliphatic carboxylic acids is 1. The van der Waals surface area contributed by atoms with E-state index in [9.17, 15) is 9.90 Å². The Morgan fingerprint density at radius 3 is 2.32 bits per heavy atom. The van der Waals surface area contributed by atoms with Gasteiger partial charge in [0.05, 0.1) is 5.41 Å². The molecule has 0 amide bonds. The minimum Gasteiger partial charge on any atom is -0.481 e. The van der Waals surface area contributed by atoms with Crippen LogP contribution in [-0.4, -0.2) is 24.3 Å². The van der Waals surface area contributed by atoms with E-state index in [0.717, 1.165) is 38.5 Å². The molecule has 1 saturated carbocycles. The van der Waals surface area contributed by atoms with Crippen LogP contribution in [0.3, 0.4) is 0 Å². The zero-order chi connectivity index (χ0) is 14.5. The van der Waals surface area contributed by atoms with Crippen molar-refractivity contribution in [3.63, 3.8) is 0 Å². The van der Waals surface area contributed by atoms with Gasteiger partial charge in [-0.1, -0.05) is 20.8 Å². The van der Waals surface area contributed by atoms with Crippen molar-refractivity contribution in [2.75, 3.05) is 13.2 Å². The lowest BCUT2D eigenvalue weighted by atomic mass is 9.63. The summed E-state index contributed by atoms with van der Waals surface area (Å²) in [5.74, 6) is 0.0585. The number of carboxylic acid groups (broad SMARTS) is 1. The highest BCUT2D eigenvalue weighted by Gasteiger charge is 2.43. The number of rotatable bonds is 6. The van der Waals surface area contributed by atoms with Gasteiger partial charge >= 0.3 is 5.97 Å². The van der Waals surface area contributed by atoms with Crippen LogP contribution in [0.4, 0.5) is 0 Å². The molecule has 112 valence electrons. The summed E-state index contributed by atoms with van der Waals surface area (Å²) >= 11 is 0. The predicted octanol–water partition coefficient (Wildman–Crippen LogP) is 4.11. The normalized spacial score (nSPS) is 28.3. The van der Waals surface area contributed by atoms with E-state index < -0.39 is 11.4 Å². The third-order valence-electron chi connectivity index (χ3n) is 4.77. The molecule has 0 saturated heterocycles. The first-order chi connectivity index (χ1) is 8.82. The SMILES string of the molecule is CCOCCCC1(C(=O)O)CCC(C(C)(C)C)CC1. The van der Waals surface area contributed by atoms with Gasteiger partial charge in [0.2, 0.25) is 0 Å². The largest absolute Gasteiger partial charge is 0.481 e. The molecule has 0 radical (unpaired) electrons. The van der Waals surface area contributed by atoms with Crippen LogP contribution in [-0.2, 0) is 9.53 Å². The minimum atomic E-state index is -0.601. The second-order valence-corrected chi connectivity index (χ2v) is 7.03. The first-order valence-corrected chi connectivity index (χ1v) is 7.63. The molecule has 1 aliphatic carbocycles. The Kier molecular flexibility index (Phi) is 5.84. The van der Waals surface area contributed by atoms with E-state index >= 15 is 0 Å². The van der Waals surface area contributed by atoms with Crippen LogP contribution in [0, 0.1) is 16.7 Å². The molecule has 1 rings (SSSR count). The average Bonchev–Trinajstić information content (AvgIpc) is 2.34. The molecule has 3 nitrogen and oxygen atoms in total. The minimum absolute atomic E-state index is 0.302. The van der Waals surface area contributed by atoms with Gasteiger partial charge in [-0.3, -0.25) is 4.79 Å². The molecule has 1 fully saturated rings. The summed E-state index contributed by atoms with van der Waals surface area (Å²) in [7, 11) is 0. The van der Waals surface area contributed by atoms with E-state index in [1.807, 2.05) is 6.92 Å². The lowest BCUT2D eigenvalue weighted by Gasteiger charge is -2.42. The summed E-state index contributed by atoms with van der Waals surface area (Å²) in [5, 5.41) is 9.59. The third kappa shape index (κ3) is 4.48. The van der Waals surface area contributed by atoms with Crippen molar-refractivity contribution < 1.29 is 14.6 Å². The Balaban J connectivity index is 2.54. The van der Waals surface area contributed by atoms with Crippen LogP contribution in [0.15, 0.2) is 0 Å². The van der Waals surface area contributed by atoms with Gasteiger partial charge in [-0.2, -0.15) is 0 Å². The Bertz CT molecular complexity index is 283. The maximum atomic E-state index is 11.7. The van der Waals surface area contributed by atoms with Gasteiger partial charge in [0.1, 0.15) is 0 Å². The Labute approximate surface area is 117 Å². The van der Waals surface area contributed by atoms with E-state index in [2.05, 4.69) is 20.8 Å². The van der Waals surface area contributed by atoms with E-state index in [0.29, 0.717) is 24.5 Å². The van der Waals surface area contributed by atoms with E-state index in [-0.39, 0.29) is 0 Å². The monoisotopic (exact) mass is 270 g/mol. The molecule has 0 unspecified atom stereocenters. The van der Waals surface area contributed by atoms with Gasteiger partial charge in [-0.05, 0) is 56.8 Å². The number of hydrogen-bond donors (Lipinski definition) is 1.